The second-order valence-corrected chi connectivity index (χ2v) is 9.70. The molecule has 0 bridgehead atoms. The summed E-state index contributed by atoms with van der Waals surface area (Å²) in [4.78, 5) is 36.0. The molecule has 0 N–H and O–H groups in total. The van der Waals surface area contributed by atoms with E-state index in [0.29, 0.717) is 23.7 Å². The lowest BCUT2D eigenvalue weighted by Gasteiger charge is -2.25. The number of fused-ring (bicyclic) bond motifs is 2. The standard InChI is InChI=1S/C31H28N2O4/c34-30-26-11-5-6-12-27(26)31(35)33(30)37-19-23-15-17-25(18-28(23)21-8-2-1-3-9-21)36-20-24-16-14-22-10-4-7-13-29(22)32-24/h4-7,10-18,21H,1-3,8-9,19-20H2. The summed E-state index contributed by atoms with van der Waals surface area (Å²) in [6.45, 7) is 0.517. The number of aromatic nitrogens is 1. The molecule has 37 heavy (non-hydrogen) atoms. The predicted octanol–water partition coefficient (Wildman–Crippen LogP) is 6.59. The molecule has 2 heterocycles. The van der Waals surface area contributed by atoms with Crippen LogP contribution in [0.15, 0.2) is 78.9 Å². The summed E-state index contributed by atoms with van der Waals surface area (Å²) in [6, 6.07) is 24.9. The van der Waals surface area contributed by atoms with E-state index in [4.69, 9.17) is 14.6 Å². The molecule has 4 aromatic rings. The Bertz CT molecular complexity index is 1440. The van der Waals surface area contributed by atoms with Crippen LogP contribution >= 0.6 is 0 Å². The van der Waals surface area contributed by atoms with Crippen LogP contribution in [0.1, 0.15) is 75.6 Å². The molecule has 1 saturated carbocycles. The average molecular weight is 493 g/mol. The highest BCUT2D eigenvalue weighted by atomic mass is 16.7. The molecule has 1 aromatic heterocycles. The van der Waals surface area contributed by atoms with Crippen molar-refractivity contribution in [2.45, 2.75) is 51.2 Å². The summed E-state index contributed by atoms with van der Waals surface area (Å²) in [6.07, 6.45) is 5.84. The van der Waals surface area contributed by atoms with Gasteiger partial charge < -0.3 is 4.74 Å². The van der Waals surface area contributed by atoms with Crippen LogP contribution in [0.3, 0.4) is 0 Å². The minimum atomic E-state index is -0.414. The Hall–Kier alpha value is -4.03. The van der Waals surface area contributed by atoms with E-state index in [1.807, 2.05) is 42.5 Å². The van der Waals surface area contributed by atoms with E-state index in [1.54, 1.807) is 24.3 Å². The monoisotopic (exact) mass is 492 g/mol. The van der Waals surface area contributed by atoms with E-state index in [-0.39, 0.29) is 6.61 Å². The fraction of sp³-hybridized carbons (Fsp3) is 0.258. The zero-order chi connectivity index (χ0) is 25.2. The molecule has 2 amide bonds. The Morgan fingerprint density at radius 3 is 2.30 bits per heavy atom. The second-order valence-electron chi connectivity index (χ2n) is 9.70. The van der Waals surface area contributed by atoms with Crippen molar-refractivity contribution in [2.75, 3.05) is 0 Å². The van der Waals surface area contributed by atoms with Crippen LogP contribution < -0.4 is 4.74 Å². The number of ether oxygens (including phenoxy) is 1. The topological polar surface area (TPSA) is 68.7 Å². The van der Waals surface area contributed by atoms with E-state index in [0.717, 1.165) is 45.8 Å². The van der Waals surface area contributed by atoms with Crippen molar-refractivity contribution in [2.24, 2.45) is 0 Å². The lowest BCUT2D eigenvalue weighted by Crippen LogP contribution is -2.30. The van der Waals surface area contributed by atoms with E-state index in [9.17, 15) is 9.59 Å². The van der Waals surface area contributed by atoms with Gasteiger partial charge in [0.05, 0.1) is 22.3 Å². The number of amides is 2. The normalized spacial score (nSPS) is 15.8. The number of hydrogen-bond donors (Lipinski definition) is 0. The molecule has 0 radical (unpaired) electrons. The highest BCUT2D eigenvalue weighted by molar-refractivity contribution is 6.20. The van der Waals surface area contributed by atoms with Crippen LogP contribution in [0.25, 0.3) is 10.9 Å². The number of rotatable bonds is 7. The first kappa shape index (κ1) is 23.4. The largest absolute Gasteiger partial charge is 0.487 e. The van der Waals surface area contributed by atoms with Crippen LogP contribution in [0.4, 0.5) is 0 Å². The van der Waals surface area contributed by atoms with Crippen LogP contribution in [0.5, 0.6) is 5.75 Å². The molecular weight excluding hydrogens is 464 g/mol. The number of para-hydroxylation sites is 1. The smallest absolute Gasteiger partial charge is 0.285 e. The minimum absolute atomic E-state index is 0.143. The Morgan fingerprint density at radius 1 is 0.784 bits per heavy atom. The molecule has 2 aliphatic rings. The van der Waals surface area contributed by atoms with E-state index in [2.05, 4.69) is 12.1 Å². The lowest BCUT2D eigenvalue weighted by molar-refractivity contribution is -0.101. The predicted molar refractivity (Wildman–Crippen MR) is 140 cm³/mol. The van der Waals surface area contributed by atoms with Crippen molar-refractivity contribution in [3.8, 4) is 5.75 Å². The third-order valence-electron chi connectivity index (χ3n) is 7.31. The summed E-state index contributed by atoms with van der Waals surface area (Å²) >= 11 is 0. The molecule has 0 spiro atoms. The maximum absolute atomic E-state index is 12.7. The Kier molecular flexibility index (Phi) is 6.41. The first-order valence-corrected chi connectivity index (χ1v) is 12.9. The van der Waals surface area contributed by atoms with Gasteiger partial charge in [-0.15, -0.1) is 5.06 Å². The van der Waals surface area contributed by atoms with Gasteiger partial charge in [0.15, 0.2) is 0 Å². The Balaban J connectivity index is 1.20. The van der Waals surface area contributed by atoms with Gasteiger partial charge in [-0.25, -0.2) is 4.98 Å². The molecule has 6 heteroatoms. The first-order chi connectivity index (χ1) is 18.2. The molecular formula is C31H28N2O4. The van der Waals surface area contributed by atoms with Gasteiger partial charge in [0, 0.05) is 5.39 Å². The third-order valence-corrected chi connectivity index (χ3v) is 7.31. The highest BCUT2D eigenvalue weighted by Crippen LogP contribution is 2.37. The summed E-state index contributed by atoms with van der Waals surface area (Å²) < 4.78 is 6.16. The number of imide groups is 1. The quantitative estimate of drug-likeness (QED) is 0.272. The van der Waals surface area contributed by atoms with Gasteiger partial charge in [-0.2, -0.15) is 0 Å². The number of carbonyl (C=O) groups excluding carboxylic acids is 2. The molecule has 0 unspecified atom stereocenters. The van der Waals surface area contributed by atoms with Crippen molar-refractivity contribution in [1.82, 2.24) is 10.0 Å². The number of nitrogens with zero attached hydrogens (tertiary/aromatic N) is 2. The second kappa shape index (κ2) is 10.1. The zero-order valence-corrected chi connectivity index (χ0v) is 20.6. The number of hydroxylamine groups is 2. The summed E-state index contributed by atoms with van der Waals surface area (Å²) in [5.74, 6) is 0.349. The van der Waals surface area contributed by atoms with Gasteiger partial charge in [0.2, 0.25) is 0 Å². The highest BCUT2D eigenvalue weighted by Gasteiger charge is 2.36. The van der Waals surface area contributed by atoms with E-state index >= 15 is 0 Å². The molecule has 3 aromatic carbocycles. The maximum atomic E-state index is 12.7. The van der Waals surface area contributed by atoms with Gasteiger partial charge >= 0.3 is 0 Å². The van der Waals surface area contributed by atoms with Crippen LogP contribution in [0.2, 0.25) is 0 Å². The fourth-order valence-electron chi connectivity index (χ4n) is 5.35. The zero-order valence-electron chi connectivity index (χ0n) is 20.6. The molecule has 6 nitrogen and oxygen atoms in total. The van der Waals surface area contributed by atoms with Crippen molar-refractivity contribution >= 4 is 22.7 Å². The van der Waals surface area contributed by atoms with Gasteiger partial charge in [-0.05, 0) is 66.3 Å². The van der Waals surface area contributed by atoms with Crippen molar-refractivity contribution < 1.29 is 19.2 Å². The summed E-state index contributed by atoms with van der Waals surface area (Å²) in [5.41, 5.74) is 4.72. The number of hydrogen-bond acceptors (Lipinski definition) is 5. The number of pyridine rings is 1. The molecule has 186 valence electrons. The van der Waals surface area contributed by atoms with Crippen LogP contribution in [-0.4, -0.2) is 21.9 Å². The van der Waals surface area contributed by atoms with Gasteiger partial charge in [-0.3, -0.25) is 14.4 Å². The molecule has 6 rings (SSSR count). The molecule has 1 aliphatic heterocycles. The van der Waals surface area contributed by atoms with Crippen molar-refractivity contribution in [3.05, 3.63) is 107 Å². The number of carbonyl (C=O) groups is 2. The van der Waals surface area contributed by atoms with Crippen molar-refractivity contribution in [3.63, 3.8) is 0 Å². The van der Waals surface area contributed by atoms with Crippen LogP contribution in [-0.2, 0) is 18.1 Å². The Morgan fingerprint density at radius 2 is 1.51 bits per heavy atom. The minimum Gasteiger partial charge on any atom is -0.487 e. The maximum Gasteiger partial charge on any atom is 0.285 e. The summed E-state index contributed by atoms with van der Waals surface area (Å²) in [7, 11) is 0. The number of benzene rings is 3. The molecule has 1 aliphatic carbocycles. The van der Waals surface area contributed by atoms with E-state index < -0.39 is 11.8 Å². The van der Waals surface area contributed by atoms with Crippen LogP contribution in [0, 0.1) is 0 Å². The van der Waals surface area contributed by atoms with Crippen molar-refractivity contribution in [1.29, 1.82) is 0 Å². The fourth-order valence-corrected chi connectivity index (χ4v) is 5.35. The molecule has 0 atom stereocenters. The van der Waals surface area contributed by atoms with Gasteiger partial charge in [0.1, 0.15) is 19.0 Å². The lowest BCUT2D eigenvalue weighted by atomic mass is 9.82. The summed E-state index contributed by atoms with van der Waals surface area (Å²) in [5, 5.41) is 2.00. The Labute approximate surface area is 215 Å². The third kappa shape index (κ3) is 4.72. The average Bonchev–Trinajstić information content (AvgIpc) is 3.20. The van der Waals surface area contributed by atoms with Gasteiger partial charge in [-0.1, -0.05) is 61.7 Å². The molecule has 1 fully saturated rings. The van der Waals surface area contributed by atoms with Gasteiger partial charge in [0.25, 0.3) is 11.8 Å². The first-order valence-electron chi connectivity index (χ1n) is 12.9. The SMILES string of the molecule is O=C1c2ccccc2C(=O)N1OCc1ccc(OCc2ccc3ccccc3n2)cc1C1CCCCC1. The van der Waals surface area contributed by atoms with E-state index in [1.165, 1.54) is 24.8 Å². The molecule has 0 saturated heterocycles.